The Bertz CT molecular complexity index is 719. The number of benzene rings is 2. The molecule has 2 rings (SSSR count). The molecule has 130 valence electrons. The fourth-order valence-electron chi connectivity index (χ4n) is 1.98. The van der Waals surface area contributed by atoms with Crippen LogP contribution >= 0.6 is 11.9 Å². The van der Waals surface area contributed by atoms with Crippen LogP contribution in [0.1, 0.15) is 5.56 Å². The predicted octanol–water partition coefficient (Wildman–Crippen LogP) is 3.10. The fraction of sp³-hybridized carbons (Fsp3) is 0.133. The smallest absolute Gasteiger partial charge is 0.318 e. The zero-order valence-corrected chi connectivity index (χ0v) is 13.6. The van der Waals surface area contributed by atoms with Gasteiger partial charge in [0.05, 0.1) is 9.85 Å². The maximum Gasteiger partial charge on any atom is 0.318 e. The predicted molar refractivity (Wildman–Crippen MR) is 90.1 cm³/mol. The summed E-state index contributed by atoms with van der Waals surface area (Å²) in [5, 5.41) is 30.4. The second-order valence-electron chi connectivity index (χ2n) is 4.96. The average Bonchev–Trinajstić information content (AvgIpc) is 2.55. The summed E-state index contributed by atoms with van der Waals surface area (Å²) in [7, 11) is 0. The van der Waals surface area contributed by atoms with Gasteiger partial charge in [-0.2, -0.15) is 0 Å². The van der Waals surface area contributed by atoms with Crippen LogP contribution in [0.2, 0.25) is 0 Å². The zero-order valence-electron chi connectivity index (χ0n) is 12.8. The van der Waals surface area contributed by atoms with Crippen LogP contribution in [0, 0.1) is 20.2 Å². The first-order valence-corrected chi connectivity index (χ1v) is 7.75. The van der Waals surface area contributed by atoms with Crippen molar-refractivity contribution in [3.05, 3.63) is 74.3 Å². The monoisotopic (exact) mass is 363 g/mol. The minimum atomic E-state index is -1.03. The molecule has 0 spiro atoms. The van der Waals surface area contributed by atoms with Gasteiger partial charge in [0, 0.05) is 35.7 Å². The molecule has 1 N–H and O–H groups in total. The summed E-state index contributed by atoms with van der Waals surface area (Å²) in [4.78, 5) is 32.0. The molecule has 9 nitrogen and oxygen atoms in total. The molecule has 25 heavy (non-hydrogen) atoms. The van der Waals surface area contributed by atoms with Crippen LogP contribution < -0.4 is 0 Å². The van der Waals surface area contributed by atoms with Crippen LogP contribution in [0.5, 0.6) is 0 Å². The van der Waals surface area contributed by atoms with E-state index in [1.54, 1.807) is 16.4 Å². The van der Waals surface area contributed by atoms with Crippen LogP contribution in [-0.2, 0) is 11.3 Å². The number of nitro groups is 2. The highest BCUT2D eigenvalue weighted by atomic mass is 32.2. The van der Waals surface area contributed by atoms with E-state index < -0.39 is 15.8 Å². The molecule has 0 radical (unpaired) electrons. The molecular formula is C15H13N3O6S. The number of carboxylic acid groups (broad SMARTS) is 1. The summed E-state index contributed by atoms with van der Waals surface area (Å²) in [5.74, 6) is -1.03. The van der Waals surface area contributed by atoms with Gasteiger partial charge in [0.15, 0.2) is 0 Å². The summed E-state index contributed by atoms with van der Waals surface area (Å²) >= 11 is 1.14. The van der Waals surface area contributed by atoms with Crippen LogP contribution in [-0.4, -0.2) is 31.8 Å². The molecule has 10 heteroatoms. The van der Waals surface area contributed by atoms with Crippen molar-refractivity contribution in [2.24, 2.45) is 0 Å². The van der Waals surface area contributed by atoms with Crippen molar-refractivity contribution >= 4 is 29.3 Å². The van der Waals surface area contributed by atoms with Gasteiger partial charge < -0.3 is 5.11 Å². The second-order valence-corrected chi connectivity index (χ2v) is 6.13. The molecule has 0 atom stereocenters. The van der Waals surface area contributed by atoms with Gasteiger partial charge in [-0.1, -0.05) is 12.1 Å². The number of rotatable bonds is 8. The lowest BCUT2D eigenvalue weighted by atomic mass is 10.2. The van der Waals surface area contributed by atoms with Crippen molar-refractivity contribution in [2.45, 2.75) is 11.4 Å². The maximum absolute atomic E-state index is 11.0. The topological polar surface area (TPSA) is 127 Å². The Morgan fingerprint density at radius 1 is 0.960 bits per heavy atom. The quantitative estimate of drug-likeness (QED) is 0.430. The first-order valence-electron chi connectivity index (χ1n) is 6.97. The van der Waals surface area contributed by atoms with E-state index in [2.05, 4.69) is 0 Å². The number of hydrogen-bond donors (Lipinski definition) is 1. The van der Waals surface area contributed by atoms with Crippen molar-refractivity contribution in [1.82, 2.24) is 4.31 Å². The Morgan fingerprint density at radius 2 is 1.44 bits per heavy atom. The standard InChI is InChI=1S/C15H13N3O6S/c19-15(20)10-16(9-11-1-3-12(4-2-11)17(21)22)25-14-7-5-13(6-8-14)18(23)24/h1-8H,9-10H2,(H,19,20). The molecule has 0 heterocycles. The lowest BCUT2D eigenvalue weighted by Gasteiger charge is -2.19. The van der Waals surface area contributed by atoms with Gasteiger partial charge in [0.2, 0.25) is 0 Å². The molecular weight excluding hydrogens is 350 g/mol. The number of nitro benzene ring substituents is 2. The minimum absolute atomic E-state index is 0.0449. The SMILES string of the molecule is O=C(O)CN(Cc1ccc([N+](=O)[O-])cc1)Sc1ccc([N+](=O)[O-])cc1. The third kappa shape index (κ3) is 5.55. The molecule has 0 fully saturated rings. The Balaban J connectivity index is 2.11. The van der Waals surface area contributed by atoms with Gasteiger partial charge in [-0.05, 0) is 29.6 Å². The van der Waals surface area contributed by atoms with E-state index in [4.69, 9.17) is 5.11 Å². The maximum atomic E-state index is 11.0. The first-order chi connectivity index (χ1) is 11.8. The number of non-ortho nitro benzene ring substituents is 2. The molecule has 0 aliphatic heterocycles. The van der Waals surface area contributed by atoms with Crippen LogP contribution in [0.3, 0.4) is 0 Å². The molecule has 0 bridgehead atoms. The molecule has 0 unspecified atom stereocenters. The van der Waals surface area contributed by atoms with Crippen molar-refractivity contribution in [2.75, 3.05) is 6.54 Å². The fourth-order valence-corrected chi connectivity index (χ4v) is 2.92. The molecule has 0 saturated carbocycles. The van der Waals surface area contributed by atoms with Gasteiger partial charge in [-0.15, -0.1) is 0 Å². The third-order valence-electron chi connectivity index (χ3n) is 3.10. The molecule has 2 aromatic carbocycles. The average molecular weight is 363 g/mol. The highest BCUT2D eigenvalue weighted by molar-refractivity contribution is 7.97. The Kier molecular flexibility index (Phi) is 6.03. The first kappa shape index (κ1) is 18.4. The summed E-state index contributed by atoms with van der Waals surface area (Å²) in [6.07, 6.45) is 0. The summed E-state index contributed by atoms with van der Waals surface area (Å²) in [6.45, 7) is -0.0232. The molecule has 0 aromatic heterocycles. The van der Waals surface area contributed by atoms with E-state index in [0.717, 1.165) is 11.9 Å². The zero-order chi connectivity index (χ0) is 18.4. The van der Waals surface area contributed by atoms with E-state index in [0.29, 0.717) is 10.5 Å². The van der Waals surface area contributed by atoms with Crippen molar-refractivity contribution in [3.8, 4) is 0 Å². The van der Waals surface area contributed by atoms with Crippen molar-refractivity contribution < 1.29 is 19.7 Å². The summed E-state index contributed by atoms with van der Waals surface area (Å²) in [5.41, 5.74) is 0.613. The third-order valence-corrected chi connectivity index (χ3v) is 4.10. The van der Waals surface area contributed by atoms with E-state index in [1.807, 2.05) is 0 Å². The Morgan fingerprint density at radius 3 is 1.88 bits per heavy atom. The van der Waals surface area contributed by atoms with Crippen molar-refractivity contribution in [3.63, 3.8) is 0 Å². The summed E-state index contributed by atoms with van der Waals surface area (Å²) < 4.78 is 1.55. The largest absolute Gasteiger partial charge is 0.480 e. The van der Waals surface area contributed by atoms with Gasteiger partial charge in [0.1, 0.15) is 6.54 Å². The highest BCUT2D eigenvalue weighted by Crippen LogP contribution is 2.26. The Labute approximate surface area is 146 Å². The van der Waals surface area contributed by atoms with Gasteiger partial charge in [-0.25, -0.2) is 4.31 Å². The van der Waals surface area contributed by atoms with Gasteiger partial charge >= 0.3 is 5.97 Å². The van der Waals surface area contributed by atoms with Gasteiger partial charge in [-0.3, -0.25) is 25.0 Å². The van der Waals surface area contributed by atoms with Crippen LogP contribution in [0.4, 0.5) is 11.4 Å². The number of carbonyl (C=O) groups is 1. The van der Waals surface area contributed by atoms with E-state index in [-0.39, 0.29) is 24.5 Å². The molecule has 0 amide bonds. The molecule has 2 aromatic rings. The minimum Gasteiger partial charge on any atom is -0.480 e. The van der Waals surface area contributed by atoms with Gasteiger partial charge in [0.25, 0.3) is 11.4 Å². The van der Waals surface area contributed by atoms with E-state index in [1.165, 1.54) is 36.4 Å². The molecule has 0 aliphatic rings. The second kappa shape index (κ2) is 8.22. The lowest BCUT2D eigenvalue weighted by Crippen LogP contribution is -2.23. The number of hydrogen-bond acceptors (Lipinski definition) is 7. The molecule has 0 saturated heterocycles. The number of nitrogens with zero attached hydrogens (tertiary/aromatic N) is 3. The van der Waals surface area contributed by atoms with E-state index >= 15 is 0 Å². The number of aliphatic carboxylic acids is 1. The lowest BCUT2D eigenvalue weighted by molar-refractivity contribution is -0.385. The van der Waals surface area contributed by atoms with E-state index in [9.17, 15) is 25.0 Å². The summed E-state index contributed by atoms with van der Waals surface area (Å²) in [6, 6.07) is 11.6. The number of carboxylic acids is 1. The molecule has 0 aliphatic carbocycles. The van der Waals surface area contributed by atoms with Crippen LogP contribution in [0.25, 0.3) is 0 Å². The van der Waals surface area contributed by atoms with Crippen LogP contribution in [0.15, 0.2) is 53.4 Å². The van der Waals surface area contributed by atoms with Crippen molar-refractivity contribution in [1.29, 1.82) is 0 Å². The highest BCUT2D eigenvalue weighted by Gasteiger charge is 2.14. The normalized spacial score (nSPS) is 10.6. The Hall–Kier alpha value is -2.98.